The summed E-state index contributed by atoms with van der Waals surface area (Å²) in [5.41, 5.74) is 0.633. The number of rotatable bonds is 4. The Labute approximate surface area is 132 Å². The molecule has 19 heavy (non-hydrogen) atoms. The molecule has 1 unspecified atom stereocenters. The van der Waals surface area contributed by atoms with E-state index in [1.807, 2.05) is 12.1 Å². The lowest BCUT2D eigenvalue weighted by Gasteiger charge is -2.17. The molecule has 2 aromatic rings. The number of hydrogen-bond donors (Lipinski definition) is 1. The van der Waals surface area contributed by atoms with Crippen LogP contribution in [0, 0.1) is 0 Å². The van der Waals surface area contributed by atoms with Crippen LogP contribution in [0.25, 0.3) is 0 Å². The highest BCUT2D eigenvalue weighted by Crippen LogP contribution is 2.42. The van der Waals surface area contributed by atoms with Crippen molar-refractivity contribution >= 4 is 43.2 Å². The Morgan fingerprint density at radius 1 is 1.16 bits per heavy atom. The number of halogens is 2. The predicted octanol–water partition coefficient (Wildman–Crippen LogP) is 4.37. The molecular formula is C13H12Br2O3S. The van der Waals surface area contributed by atoms with Crippen molar-refractivity contribution in [1.82, 2.24) is 0 Å². The van der Waals surface area contributed by atoms with Crippen molar-refractivity contribution in [3.8, 4) is 11.5 Å². The van der Waals surface area contributed by atoms with E-state index in [2.05, 4.69) is 31.9 Å². The van der Waals surface area contributed by atoms with Crippen LogP contribution < -0.4 is 9.47 Å². The molecule has 6 heteroatoms. The average molecular weight is 408 g/mol. The van der Waals surface area contributed by atoms with Gasteiger partial charge in [0, 0.05) is 9.35 Å². The number of aliphatic hydroxyl groups excluding tert-OH is 1. The smallest absolute Gasteiger partial charge is 0.128 e. The SMILES string of the molecule is COc1cccc(OC)c1C(O)c1cc(Br)c(Br)s1. The molecule has 1 atom stereocenters. The Balaban J connectivity index is 2.50. The van der Waals surface area contributed by atoms with Gasteiger partial charge >= 0.3 is 0 Å². The quantitative estimate of drug-likeness (QED) is 0.817. The van der Waals surface area contributed by atoms with Crippen molar-refractivity contribution in [3.63, 3.8) is 0 Å². The molecule has 0 aliphatic heterocycles. The first-order valence-electron chi connectivity index (χ1n) is 5.42. The van der Waals surface area contributed by atoms with E-state index in [0.29, 0.717) is 17.1 Å². The third-order valence-corrected chi connectivity index (χ3v) is 5.98. The Bertz CT molecular complexity index is 542. The lowest BCUT2D eigenvalue weighted by molar-refractivity contribution is 0.212. The van der Waals surface area contributed by atoms with E-state index >= 15 is 0 Å². The third-order valence-electron chi connectivity index (χ3n) is 2.67. The van der Waals surface area contributed by atoms with Gasteiger partial charge < -0.3 is 14.6 Å². The minimum absolute atomic E-state index is 0.604. The van der Waals surface area contributed by atoms with Gasteiger partial charge in [-0.25, -0.2) is 0 Å². The minimum Gasteiger partial charge on any atom is -0.496 e. The Kier molecular flexibility index (Phi) is 4.89. The molecule has 1 heterocycles. The number of hydrogen-bond acceptors (Lipinski definition) is 4. The van der Waals surface area contributed by atoms with E-state index in [1.54, 1.807) is 26.4 Å². The number of benzene rings is 1. The summed E-state index contributed by atoms with van der Waals surface area (Å²) in [4.78, 5) is 0.807. The van der Waals surface area contributed by atoms with Gasteiger partial charge in [0.05, 0.1) is 23.6 Å². The summed E-state index contributed by atoms with van der Waals surface area (Å²) >= 11 is 8.31. The van der Waals surface area contributed by atoms with Gasteiger partial charge in [-0.05, 0) is 50.1 Å². The second kappa shape index (κ2) is 6.26. The van der Waals surface area contributed by atoms with Crippen molar-refractivity contribution in [2.45, 2.75) is 6.10 Å². The molecule has 1 N–H and O–H groups in total. The topological polar surface area (TPSA) is 38.7 Å². The molecule has 0 bridgehead atoms. The Hall–Kier alpha value is -0.560. The molecule has 0 amide bonds. The lowest BCUT2D eigenvalue weighted by Crippen LogP contribution is -2.03. The van der Waals surface area contributed by atoms with Crippen LogP contribution in [-0.2, 0) is 0 Å². The zero-order valence-corrected chi connectivity index (χ0v) is 14.3. The van der Waals surface area contributed by atoms with Crippen molar-refractivity contribution < 1.29 is 14.6 Å². The molecular weight excluding hydrogens is 396 g/mol. The summed E-state index contributed by atoms with van der Waals surface area (Å²) in [6.45, 7) is 0. The third kappa shape index (κ3) is 2.97. The molecule has 0 aliphatic carbocycles. The molecule has 0 saturated carbocycles. The van der Waals surface area contributed by atoms with Crippen LogP contribution in [0.15, 0.2) is 32.5 Å². The normalized spacial score (nSPS) is 12.3. The molecule has 0 radical (unpaired) electrons. The van der Waals surface area contributed by atoms with Crippen LogP contribution in [0.4, 0.5) is 0 Å². The van der Waals surface area contributed by atoms with Crippen LogP contribution in [-0.4, -0.2) is 19.3 Å². The van der Waals surface area contributed by atoms with Crippen LogP contribution in [0.2, 0.25) is 0 Å². The van der Waals surface area contributed by atoms with Crippen LogP contribution in [0.1, 0.15) is 16.5 Å². The van der Waals surface area contributed by atoms with Crippen LogP contribution in [0.3, 0.4) is 0 Å². The highest BCUT2D eigenvalue weighted by Gasteiger charge is 2.22. The fraction of sp³-hybridized carbons (Fsp3) is 0.231. The molecule has 0 fully saturated rings. The number of ether oxygens (including phenoxy) is 2. The molecule has 0 spiro atoms. The molecule has 3 nitrogen and oxygen atoms in total. The molecule has 2 rings (SSSR count). The van der Waals surface area contributed by atoms with Gasteiger partial charge in [-0.2, -0.15) is 0 Å². The number of methoxy groups -OCH3 is 2. The summed E-state index contributed by atoms with van der Waals surface area (Å²) in [7, 11) is 3.15. The van der Waals surface area contributed by atoms with Gasteiger partial charge in [-0.3, -0.25) is 0 Å². The highest BCUT2D eigenvalue weighted by molar-refractivity contribution is 9.13. The van der Waals surface area contributed by atoms with Gasteiger partial charge in [0.2, 0.25) is 0 Å². The second-order valence-electron chi connectivity index (χ2n) is 3.75. The number of thiophene rings is 1. The van der Waals surface area contributed by atoms with Gasteiger partial charge in [0.25, 0.3) is 0 Å². The largest absolute Gasteiger partial charge is 0.496 e. The van der Waals surface area contributed by atoms with Crippen molar-refractivity contribution in [2.24, 2.45) is 0 Å². The Morgan fingerprint density at radius 3 is 2.16 bits per heavy atom. The van der Waals surface area contributed by atoms with Gasteiger partial charge in [0.1, 0.15) is 17.6 Å². The standard InChI is InChI=1S/C13H12Br2O3S/c1-17-8-4-3-5-9(18-2)11(8)12(16)10-6-7(14)13(15)19-10/h3-6,12,16H,1-2H3. The van der Waals surface area contributed by atoms with Crippen molar-refractivity contribution in [2.75, 3.05) is 14.2 Å². The van der Waals surface area contributed by atoms with Crippen LogP contribution >= 0.6 is 43.2 Å². The first-order chi connectivity index (χ1) is 9.08. The molecule has 0 saturated heterocycles. The maximum Gasteiger partial charge on any atom is 0.128 e. The highest BCUT2D eigenvalue weighted by atomic mass is 79.9. The monoisotopic (exact) mass is 406 g/mol. The maximum atomic E-state index is 10.6. The number of aliphatic hydroxyl groups is 1. The first-order valence-corrected chi connectivity index (χ1v) is 7.82. The van der Waals surface area contributed by atoms with Crippen molar-refractivity contribution in [1.29, 1.82) is 0 Å². The van der Waals surface area contributed by atoms with E-state index in [0.717, 1.165) is 13.1 Å². The summed E-state index contributed by atoms with van der Waals surface area (Å²) in [6.07, 6.45) is -0.793. The molecule has 0 aliphatic rings. The minimum atomic E-state index is -0.793. The van der Waals surface area contributed by atoms with Gasteiger partial charge in [-0.1, -0.05) is 6.07 Å². The summed E-state index contributed by atoms with van der Waals surface area (Å²) < 4.78 is 12.5. The fourth-order valence-electron chi connectivity index (χ4n) is 1.79. The van der Waals surface area contributed by atoms with E-state index < -0.39 is 6.10 Å². The average Bonchev–Trinajstić information content (AvgIpc) is 2.76. The summed E-state index contributed by atoms with van der Waals surface area (Å²) in [5.74, 6) is 1.21. The predicted molar refractivity (Wildman–Crippen MR) is 83.3 cm³/mol. The first kappa shape index (κ1) is 14.8. The van der Waals surface area contributed by atoms with E-state index in [9.17, 15) is 5.11 Å². The fourth-order valence-corrected chi connectivity index (χ4v) is 3.88. The van der Waals surface area contributed by atoms with E-state index in [4.69, 9.17) is 9.47 Å². The van der Waals surface area contributed by atoms with Gasteiger partial charge in [0.15, 0.2) is 0 Å². The maximum absolute atomic E-state index is 10.6. The van der Waals surface area contributed by atoms with E-state index in [1.165, 1.54) is 11.3 Å². The zero-order chi connectivity index (χ0) is 14.0. The Morgan fingerprint density at radius 2 is 1.74 bits per heavy atom. The molecule has 102 valence electrons. The van der Waals surface area contributed by atoms with Crippen LogP contribution in [0.5, 0.6) is 11.5 Å². The lowest BCUT2D eigenvalue weighted by atomic mass is 10.1. The summed E-state index contributed by atoms with van der Waals surface area (Å²) in [6, 6.07) is 7.32. The molecule has 1 aromatic carbocycles. The van der Waals surface area contributed by atoms with E-state index in [-0.39, 0.29) is 0 Å². The zero-order valence-electron chi connectivity index (χ0n) is 10.3. The second-order valence-corrected chi connectivity index (χ2v) is 7.01. The molecule has 1 aromatic heterocycles. The van der Waals surface area contributed by atoms with Gasteiger partial charge in [-0.15, -0.1) is 11.3 Å². The van der Waals surface area contributed by atoms with Crippen molar-refractivity contribution in [3.05, 3.63) is 43.0 Å². The summed E-state index contributed by atoms with van der Waals surface area (Å²) in [5, 5.41) is 10.6.